The Kier molecular flexibility index (Phi) is 6.12. The Morgan fingerprint density at radius 1 is 1.45 bits per heavy atom. The van der Waals surface area contributed by atoms with Gasteiger partial charge in [0, 0.05) is 6.54 Å². The maximum atomic E-state index is 5.15. The van der Waals surface area contributed by atoms with Crippen molar-refractivity contribution in [1.29, 1.82) is 0 Å². The summed E-state index contributed by atoms with van der Waals surface area (Å²) < 4.78 is 0. The molecule has 0 aliphatic heterocycles. The number of aliphatic imine (C=N–C) groups is 1. The fourth-order valence-corrected chi connectivity index (χ4v) is 0.942. The monoisotopic (exact) mass is 175 g/mol. The van der Waals surface area contributed by atoms with Gasteiger partial charge in [-0.15, -0.1) is 0 Å². The summed E-state index contributed by atoms with van der Waals surface area (Å²) in [5.74, 6) is 0.184. The topological polar surface area (TPSA) is 64.4 Å². The smallest absolute Gasteiger partial charge is 0.185 e. The van der Waals surface area contributed by atoms with Crippen LogP contribution in [0.2, 0.25) is 0 Å². The Balaban J connectivity index is 3.09. The summed E-state index contributed by atoms with van der Waals surface area (Å²) in [6.07, 6.45) is 3.31. The fourth-order valence-electron chi connectivity index (χ4n) is 0.760. The van der Waals surface area contributed by atoms with Crippen LogP contribution in [-0.4, -0.2) is 17.8 Å². The van der Waals surface area contributed by atoms with Crippen LogP contribution in [0.25, 0.3) is 0 Å². The van der Waals surface area contributed by atoms with Crippen molar-refractivity contribution in [2.45, 2.75) is 31.4 Å². The standard InChI is InChI=1S/C7H17N3S/c1-6(11)4-2-3-5-10-7(8)9/h6,11H,2-5H2,1H3,(H4,8,9,10). The zero-order valence-electron chi connectivity index (χ0n) is 6.95. The number of hydrogen-bond donors (Lipinski definition) is 3. The second-order valence-electron chi connectivity index (χ2n) is 2.65. The van der Waals surface area contributed by atoms with E-state index in [1.807, 2.05) is 0 Å². The summed E-state index contributed by atoms with van der Waals surface area (Å²) in [7, 11) is 0. The molecule has 0 heterocycles. The molecule has 1 atom stereocenters. The van der Waals surface area contributed by atoms with Crippen molar-refractivity contribution < 1.29 is 0 Å². The first-order chi connectivity index (χ1) is 5.13. The third kappa shape index (κ3) is 9.62. The van der Waals surface area contributed by atoms with Gasteiger partial charge in [-0.05, 0) is 18.1 Å². The van der Waals surface area contributed by atoms with E-state index in [2.05, 4.69) is 24.5 Å². The van der Waals surface area contributed by atoms with E-state index in [1.165, 1.54) is 0 Å². The highest BCUT2D eigenvalue weighted by Gasteiger charge is 1.93. The number of unbranched alkanes of at least 4 members (excludes halogenated alkanes) is 1. The minimum atomic E-state index is 0.184. The average Bonchev–Trinajstić information content (AvgIpc) is 1.85. The maximum Gasteiger partial charge on any atom is 0.185 e. The lowest BCUT2D eigenvalue weighted by molar-refractivity contribution is 0.685. The van der Waals surface area contributed by atoms with Crippen LogP contribution in [0.4, 0.5) is 0 Å². The highest BCUT2D eigenvalue weighted by atomic mass is 32.1. The van der Waals surface area contributed by atoms with Gasteiger partial charge < -0.3 is 11.5 Å². The Labute approximate surface area is 73.7 Å². The third-order valence-corrected chi connectivity index (χ3v) is 1.58. The molecule has 4 N–H and O–H groups in total. The molecule has 4 heteroatoms. The van der Waals surface area contributed by atoms with Crippen LogP contribution >= 0.6 is 12.6 Å². The first-order valence-corrected chi connectivity index (χ1v) is 4.38. The number of hydrogen-bond acceptors (Lipinski definition) is 2. The van der Waals surface area contributed by atoms with Gasteiger partial charge in [-0.25, -0.2) is 0 Å². The Morgan fingerprint density at radius 2 is 2.09 bits per heavy atom. The lowest BCUT2D eigenvalue weighted by Crippen LogP contribution is -2.22. The number of thiol groups is 1. The van der Waals surface area contributed by atoms with Crippen LogP contribution in [0, 0.1) is 0 Å². The van der Waals surface area contributed by atoms with E-state index >= 15 is 0 Å². The van der Waals surface area contributed by atoms with Crippen LogP contribution in [0.15, 0.2) is 4.99 Å². The minimum Gasteiger partial charge on any atom is -0.370 e. The van der Waals surface area contributed by atoms with Crippen molar-refractivity contribution in [1.82, 2.24) is 0 Å². The molecule has 0 aromatic rings. The van der Waals surface area contributed by atoms with Crippen LogP contribution < -0.4 is 11.5 Å². The van der Waals surface area contributed by atoms with Gasteiger partial charge in [0.05, 0.1) is 0 Å². The van der Waals surface area contributed by atoms with Gasteiger partial charge in [0.2, 0.25) is 0 Å². The summed E-state index contributed by atoms with van der Waals surface area (Å²) in [6.45, 7) is 2.83. The summed E-state index contributed by atoms with van der Waals surface area (Å²) in [6, 6.07) is 0. The van der Waals surface area contributed by atoms with Gasteiger partial charge in [0.1, 0.15) is 0 Å². The number of guanidine groups is 1. The predicted molar refractivity (Wildman–Crippen MR) is 53.0 cm³/mol. The molecule has 0 spiro atoms. The summed E-state index contributed by atoms with van der Waals surface area (Å²) in [4.78, 5) is 3.87. The molecule has 0 fully saturated rings. The van der Waals surface area contributed by atoms with Crippen LogP contribution in [0.1, 0.15) is 26.2 Å². The average molecular weight is 175 g/mol. The van der Waals surface area contributed by atoms with Gasteiger partial charge in [-0.3, -0.25) is 4.99 Å². The molecule has 0 saturated heterocycles. The Morgan fingerprint density at radius 3 is 2.55 bits per heavy atom. The SMILES string of the molecule is CC(S)CCCCN=C(N)N. The molecule has 0 aromatic heterocycles. The van der Waals surface area contributed by atoms with E-state index in [1.54, 1.807) is 0 Å². The van der Waals surface area contributed by atoms with Crippen molar-refractivity contribution in [3.05, 3.63) is 0 Å². The molecule has 3 nitrogen and oxygen atoms in total. The normalized spacial score (nSPS) is 12.5. The number of nitrogens with zero attached hydrogens (tertiary/aromatic N) is 1. The van der Waals surface area contributed by atoms with Crippen LogP contribution in [0.5, 0.6) is 0 Å². The van der Waals surface area contributed by atoms with Gasteiger partial charge in [0.25, 0.3) is 0 Å². The first kappa shape index (κ1) is 10.6. The Bertz CT molecular complexity index is 119. The zero-order chi connectivity index (χ0) is 8.69. The van der Waals surface area contributed by atoms with E-state index in [4.69, 9.17) is 11.5 Å². The molecular weight excluding hydrogens is 158 g/mol. The van der Waals surface area contributed by atoms with Crippen molar-refractivity contribution in [2.75, 3.05) is 6.54 Å². The lowest BCUT2D eigenvalue weighted by Gasteiger charge is -2.01. The van der Waals surface area contributed by atoms with Gasteiger partial charge in [0.15, 0.2) is 5.96 Å². The van der Waals surface area contributed by atoms with E-state index in [0.717, 1.165) is 25.8 Å². The highest BCUT2D eigenvalue weighted by Crippen LogP contribution is 2.05. The minimum absolute atomic E-state index is 0.184. The van der Waals surface area contributed by atoms with E-state index in [0.29, 0.717) is 5.25 Å². The third-order valence-electron chi connectivity index (χ3n) is 1.32. The van der Waals surface area contributed by atoms with Crippen molar-refractivity contribution >= 4 is 18.6 Å². The molecule has 1 unspecified atom stereocenters. The van der Waals surface area contributed by atoms with Crippen molar-refractivity contribution in [3.8, 4) is 0 Å². The highest BCUT2D eigenvalue weighted by molar-refractivity contribution is 7.80. The molecule has 0 aromatic carbocycles. The summed E-state index contributed by atoms with van der Waals surface area (Å²) >= 11 is 4.26. The molecule has 11 heavy (non-hydrogen) atoms. The zero-order valence-corrected chi connectivity index (χ0v) is 7.85. The Hall–Kier alpha value is -0.380. The molecule has 0 aliphatic rings. The molecule has 0 rings (SSSR count). The number of rotatable bonds is 5. The fraction of sp³-hybridized carbons (Fsp3) is 0.857. The summed E-state index contributed by atoms with van der Waals surface area (Å²) in [5, 5.41) is 0.481. The molecular formula is C7H17N3S. The van der Waals surface area contributed by atoms with Gasteiger partial charge in [-0.2, -0.15) is 12.6 Å². The molecule has 0 radical (unpaired) electrons. The van der Waals surface area contributed by atoms with Crippen molar-refractivity contribution in [2.24, 2.45) is 16.5 Å². The summed E-state index contributed by atoms with van der Waals surface area (Å²) in [5.41, 5.74) is 10.3. The largest absolute Gasteiger partial charge is 0.370 e. The van der Waals surface area contributed by atoms with Crippen LogP contribution in [0.3, 0.4) is 0 Å². The molecule has 0 saturated carbocycles. The van der Waals surface area contributed by atoms with Gasteiger partial charge in [-0.1, -0.05) is 13.3 Å². The maximum absolute atomic E-state index is 5.15. The lowest BCUT2D eigenvalue weighted by atomic mass is 10.2. The molecule has 0 aliphatic carbocycles. The van der Waals surface area contributed by atoms with Gasteiger partial charge >= 0.3 is 0 Å². The van der Waals surface area contributed by atoms with E-state index < -0.39 is 0 Å². The van der Waals surface area contributed by atoms with Crippen molar-refractivity contribution in [3.63, 3.8) is 0 Å². The first-order valence-electron chi connectivity index (χ1n) is 3.86. The quantitative estimate of drug-likeness (QED) is 0.250. The second-order valence-corrected chi connectivity index (χ2v) is 3.53. The van der Waals surface area contributed by atoms with E-state index in [-0.39, 0.29) is 5.96 Å². The molecule has 0 amide bonds. The van der Waals surface area contributed by atoms with E-state index in [9.17, 15) is 0 Å². The second kappa shape index (κ2) is 6.34. The molecule has 0 bridgehead atoms. The van der Waals surface area contributed by atoms with Crippen LogP contribution in [-0.2, 0) is 0 Å². The molecule has 66 valence electrons. The number of nitrogens with two attached hydrogens (primary N) is 2. The predicted octanol–water partition coefficient (Wildman–Crippen LogP) is 0.748.